The highest BCUT2D eigenvalue weighted by Crippen LogP contribution is 2.24. The number of aromatic amines is 1. The second-order valence-electron chi connectivity index (χ2n) is 5.08. The van der Waals surface area contributed by atoms with Crippen molar-refractivity contribution in [1.29, 1.82) is 0 Å². The molecule has 0 radical (unpaired) electrons. The summed E-state index contributed by atoms with van der Waals surface area (Å²) in [5, 5.41) is 6.21. The van der Waals surface area contributed by atoms with Gasteiger partial charge >= 0.3 is 0 Å². The molecule has 1 aromatic rings. The fraction of sp³-hybridized carbons (Fsp3) is 0.667. The van der Waals surface area contributed by atoms with Crippen LogP contribution in [-0.2, 0) is 4.74 Å². The number of anilines is 1. The predicted octanol–water partition coefficient (Wildman–Crippen LogP) is 1.62. The molecular formula is C12H18ClFN4O2. The maximum Gasteiger partial charge on any atom is 0.273 e. The molecule has 2 heterocycles. The molecule has 1 fully saturated rings. The standard InChI is InChI=1S/C12H18ClFN4O2/c1-6(2)20-8-3-4-18(5-7(8)14)12(19)10-9(13)11(15)17-16-10/h6-8H,3-5H2,1-2H3,(H3,15,16,17)/t7-,8+/m1/s1. The van der Waals surface area contributed by atoms with Gasteiger partial charge in [0.05, 0.1) is 18.8 Å². The Morgan fingerprint density at radius 3 is 2.85 bits per heavy atom. The molecule has 0 spiro atoms. The van der Waals surface area contributed by atoms with Crippen molar-refractivity contribution in [2.24, 2.45) is 0 Å². The van der Waals surface area contributed by atoms with Gasteiger partial charge in [0, 0.05) is 6.54 Å². The summed E-state index contributed by atoms with van der Waals surface area (Å²) in [7, 11) is 0. The molecule has 0 saturated carbocycles. The number of alkyl halides is 1. The third kappa shape index (κ3) is 3.04. The fourth-order valence-electron chi connectivity index (χ4n) is 2.21. The lowest BCUT2D eigenvalue weighted by molar-refractivity contribution is -0.0666. The van der Waals surface area contributed by atoms with E-state index in [1.807, 2.05) is 13.8 Å². The van der Waals surface area contributed by atoms with E-state index in [4.69, 9.17) is 22.1 Å². The molecule has 3 N–H and O–H groups in total. The molecule has 0 aliphatic carbocycles. The largest absolute Gasteiger partial charge is 0.381 e. The number of carbonyl (C=O) groups is 1. The van der Waals surface area contributed by atoms with Gasteiger partial charge in [0.25, 0.3) is 5.91 Å². The zero-order chi connectivity index (χ0) is 14.9. The van der Waals surface area contributed by atoms with E-state index in [1.54, 1.807) is 0 Å². The van der Waals surface area contributed by atoms with E-state index in [1.165, 1.54) is 4.90 Å². The number of amides is 1. The predicted molar refractivity (Wildman–Crippen MR) is 73.4 cm³/mol. The van der Waals surface area contributed by atoms with Crippen molar-refractivity contribution >= 4 is 23.3 Å². The highest BCUT2D eigenvalue weighted by atomic mass is 35.5. The summed E-state index contributed by atoms with van der Waals surface area (Å²) in [6.45, 7) is 4.10. The summed E-state index contributed by atoms with van der Waals surface area (Å²) in [6, 6.07) is 0. The Hall–Kier alpha value is -1.34. The number of hydrogen-bond donors (Lipinski definition) is 2. The van der Waals surface area contributed by atoms with Crippen molar-refractivity contribution in [2.45, 2.75) is 38.6 Å². The third-order valence-corrected chi connectivity index (χ3v) is 3.54. The lowest BCUT2D eigenvalue weighted by Crippen LogP contribution is -2.48. The first-order valence-corrected chi connectivity index (χ1v) is 6.86. The molecule has 2 rings (SSSR count). The van der Waals surface area contributed by atoms with Crippen LogP contribution in [0.3, 0.4) is 0 Å². The molecular weight excluding hydrogens is 287 g/mol. The minimum atomic E-state index is -1.21. The molecule has 6 nitrogen and oxygen atoms in total. The van der Waals surface area contributed by atoms with Gasteiger partial charge in [-0.05, 0) is 20.3 Å². The Morgan fingerprint density at radius 2 is 2.35 bits per heavy atom. The van der Waals surface area contributed by atoms with E-state index < -0.39 is 18.2 Å². The molecule has 112 valence electrons. The monoisotopic (exact) mass is 304 g/mol. The smallest absolute Gasteiger partial charge is 0.273 e. The normalized spacial score (nSPS) is 23.4. The van der Waals surface area contributed by atoms with Crippen LogP contribution in [-0.4, -0.2) is 52.5 Å². The number of ether oxygens (including phenoxy) is 1. The van der Waals surface area contributed by atoms with Crippen molar-refractivity contribution in [1.82, 2.24) is 15.1 Å². The number of nitrogens with zero attached hydrogens (tertiary/aromatic N) is 2. The molecule has 0 unspecified atom stereocenters. The number of aromatic nitrogens is 2. The summed E-state index contributed by atoms with van der Waals surface area (Å²) in [5.74, 6) is -0.338. The van der Waals surface area contributed by atoms with Crippen LogP contribution in [0.4, 0.5) is 10.2 Å². The number of nitrogens with two attached hydrogens (primary N) is 1. The first-order chi connectivity index (χ1) is 9.40. The van der Waals surface area contributed by atoms with Gasteiger partial charge in [-0.25, -0.2) is 4.39 Å². The Balaban J connectivity index is 2.02. The maximum atomic E-state index is 14.0. The average molecular weight is 305 g/mol. The summed E-state index contributed by atoms with van der Waals surface area (Å²) >= 11 is 5.87. The van der Waals surface area contributed by atoms with Crippen LogP contribution >= 0.6 is 11.6 Å². The van der Waals surface area contributed by atoms with E-state index in [9.17, 15) is 9.18 Å². The summed E-state index contributed by atoms with van der Waals surface area (Å²) < 4.78 is 19.5. The number of carbonyl (C=O) groups excluding carboxylic acids is 1. The van der Waals surface area contributed by atoms with Gasteiger partial charge in [0.1, 0.15) is 16.9 Å². The van der Waals surface area contributed by atoms with Crippen LogP contribution < -0.4 is 5.73 Å². The van der Waals surface area contributed by atoms with E-state index in [0.717, 1.165) is 0 Å². The molecule has 20 heavy (non-hydrogen) atoms. The third-order valence-electron chi connectivity index (χ3n) is 3.16. The molecule has 1 amide bonds. The molecule has 2 atom stereocenters. The van der Waals surface area contributed by atoms with Crippen molar-refractivity contribution in [3.05, 3.63) is 10.7 Å². The van der Waals surface area contributed by atoms with Gasteiger partial charge in [-0.1, -0.05) is 11.6 Å². The number of rotatable bonds is 3. The number of hydrogen-bond acceptors (Lipinski definition) is 4. The quantitative estimate of drug-likeness (QED) is 0.889. The van der Waals surface area contributed by atoms with E-state index >= 15 is 0 Å². The highest BCUT2D eigenvalue weighted by Gasteiger charge is 2.34. The van der Waals surface area contributed by atoms with Crippen molar-refractivity contribution in [3.63, 3.8) is 0 Å². The molecule has 1 aliphatic heterocycles. The fourth-order valence-corrected chi connectivity index (χ4v) is 2.38. The van der Waals surface area contributed by atoms with Gasteiger partial charge in [-0.15, -0.1) is 0 Å². The Morgan fingerprint density at radius 1 is 1.65 bits per heavy atom. The molecule has 1 saturated heterocycles. The van der Waals surface area contributed by atoms with Crippen molar-refractivity contribution in [2.75, 3.05) is 18.8 Å². The second kappa shape index (κ2) is 5.97. The number of nitrogens with one attached hydrogen (secondary N) is 1. The zero-order valence-electron chi connectivity index (χ0n) is 11.4. The number of nitrogen functional groups attached to an aromatic ring is 1. The Kier molecular flexibility index (Phi) is 4.49. The number of H-pyrrole nitrogens is 1. The first-order valence-electron chi connectivity index (χ1n) is 6.48. The van der Waals surface area contributed by atoms with Gasteiger partial charge < -0.3 is 15.4 Å². The SMILES string of the molecule is CC(C)O[C@H]1CCN(C(=O)c2[nH]nc(N)c2Cl)C[C@H]1F. The Labute approximate surface area is 121 Å². The molecule has 8 heteroatoms. The average Bonchev–Trinajstić information content (AvgIpc) is 2.71. The number of halogens is 2. The molecule has 1 aromatic heterocycles. The van der Waals surface area contributed by atoms with E-state index in [0.29, 0.717) is 13.0 Å². The van der Waals surface area contributed by atoms with Crippen LogP contribution in [0.15, 0.2) is 0 Å². The minimum Gasteiger partial charge on any atom is -0.381 e. The second-order valence-corrected chi connectivity index (χ2v) is 5.45. The zero-order valence-corrected chi connectivity index (χ0v) is 12.2. The number of piperidine rings is 1. The lowest BCUT2D eigenvalue weighted by Gasteiger charge is -2.35. The molecule has 0 bridgehead atoms. The first kappa shape index (κ1) is 15.1. The van der Waals surface area contributed by atoms with E-state index in [2.05, 4.69) is 10.2 Å². The summed E-state index contributed by atoms with van der Waals surface area (Å²) in [5.41, 5.74) is 5.57. The van der Waals surface area contributed by atoms with Crippen LogP contribution in [0.1, 0.15) is 30.8 Å². The molecule has 0 aromatic carbocycles. The highest BCUT2D eigenvalue weighted by molar-refractivity contribution is 6.35. The van der Waals surface area contributed by atoms with Crippen molar-refractivity contribution < 1.29 is 13.9 Å². The topological polar surface area (TPSA) is 84.2 Å². The Bertz CT molecular complexity index is 494. The van der Waals surface area contributed by atoms with Crippen LogP contribution in [0.25, 0.3) is 0 Å². The van der Waals surface area contributed by atoms with E-state index in [-0.39, 0.29) is 29.2 Å². The lowest BCUT2D eigenvalue weighted by atomic mass is 10.1. The van der Waals surface area contributed by atoms with Crippen LogP contribution in [0.5, 0.6) is 0 Å². The van der Waals surface area contributed by atoms with Gasteiger partial charge in [0.2, 0.25) is 0 Å². The van der Waals surface area contributed by atoms with Crippen molar-refractivity contribution in [3.8, 4) is 0 Å². The van der Waals surface area contributed by atoms with Gasteiger partial charge in [0.15, 0.2) is 5.82 Å². The maximum absolute atomic E-state index is 14.0. The van der Waals surface area contributed by atoms with Crippen LogP contribution in [0.2, 0.25) is 5.02 Å². The minimum absolute atomic E-state index is 0.0223. The van der Waals surface area contributed by atoms with Gasteiger partial charge in [-0.3, -0.25) is 9.89 Å². The summed E-state index contributed by atoms with van der Waals surface area (Å²) in [6.07, 6.45) is -1.27. The number of likely N-dealkylation sites (tertiary alicyclic amines) is 1. The van der Waals surface area contributed by atoms with Gasteiger partial charge in [-0.2, -0.15) is 5.10 Å². The molecule has 1 aliphatic rings. The summed E-state index contributed by atoms with van der Waals surface area (Å²) in [4.78, 5) is 13.6. The van der Waals surface area contributed by atoms with Crippen LogP contribution in [0, 0.1) is 0 Å².